The van der Waals surface area contributed by atoms with Gasteiger partial charge in [-0.3, -0.25) is 4.79 Å². The van der Waals surface area contributed by atoms with Crippen LogP contribution in [0.25, 0.3) is 10.2 Å². The number of nitrogens with zero attached hydrogens (tertiary/aromatic N) is 1. The van der Waals surface area contributed by atoms with Gasteiger partial charge in [0.1, 0.15) is 15.5 Å². The van der Waals surface area contributed by atoms with Crippen molar-refractivity contribution in [1.29, 1.82) is 0 Å². The average Bonchev–Trinajstić information content (AvgIpc) is 2.99. The van der Waals surface area contributed by atoms with Gasteiger partial charge >= 0.3 is 11.9 Å². The minimum Gasteiger partial charge on any atom is -0.465 e. The first-order valence-corrected chi connectivity index (χ1v) is 9.13. The number of carbonyl (C=O) groups excluding carboxylic acids is 2. The fraction of sp³-hybridized carbons (Fsp3) is 0.263. The molecule has 0 saturated heterocycles. The Labute approximate surface area is 159 Å². The van der Waals surface area contributed by atoms with Crippen LogP contribution in [0.2, 0.25) is 0 Å². The van der Waals surface area contributed by atoms with Crippen LogP contribution in [-0.4, -0.2) is 35.6 Å². The first-order valence-electron chi connectivity index (χ1n) is 8.31. The first kappa shape index (κ1) is 18.8. The van der Waals surface area contributed by atoms with Crippen LogP contribution in [0.4, 0.5) is 0 Å². The molecule has 0 spiro atoms. The Kier molecular flexibility index (Phi) is 5.36. The third-order valence-electron chi connectivity index (χ3n) is 4.09. The number of H-pyrrole nitrogens is 1. The molecule has 1 N–H and O–H groups in total. The second-order valence-electron chi connectivity index (χ2n) is 5.79. The number of ether oxygens (including phenoxy) is 2. The van der Waals surface area contributed by atoms with Gasteiger partial charge in [0.25, 0.3) is 5.56 Å². The SMILES string of the molecule is CCOC(=O)c1sc2nc(Cc3ccccc3C(=O)OC)[nH]c(=O)c2c1C. The summed E-state index contributed by atoms with van der Waals surface area (Å²) in [5.74, 6) is -0.513. The monoisotopic (exact) mass is 386 g/mol. The van der Waals surface area contributed by atoms with E-state index in [0.717, 1.165) is 11.3 Å². The molecule has 0 unspecified atom stereocenters. The smallest absolute Gasteiger partial charge is 0.348 e. The summed E-state index contributed by atoms with van der Waals surface area (Å²) in [5.41, 5.74) is 1.33. The molecule has 3 rings (SSSR count). The van der Waals surface area contributed by atoms with E-state index in [1.54, 1.807) is 38.1 Å². The van der Waals surface area contributed by atoms with Crippen molar-refractivity contribution in [2.75, 3.05) is 13.7 Å². The molecule has 0 aliphatic heterocycles. The van der Waals surface area contributed by atoms with Crippen LogP contribution >= 0.6 is 11.3 Å². The number of aromatic nitrogens is 2. The van der Waals surface area contributed by atoms with Crippen molar-refractivity contribution in [3.05, 3.63) is 62.0 Å². The molecule has 2 aromatic heterocycles. The highest BCUT2D eigenvalue weighted by atomic mass is 32.1. The molecule has 0 saturated carbocycles. The molecule has 7 nitrogen and oxygen atoms in total. The summed E-state index contributed by atoms with van der Waals surface area (Å²) >= 11 is 1.13. The molecular formula is C19H18N2O5S. The molecule has 0 radical (unpaired) electrons. The number of esters is 2. The maximum Gasteiger partial charge on any atom is 0.348 e. The van der Waals surface area contributed by atoms with Crippen LogP contribution < -0.4 is 5.56 Å². The van der Waals surface area contributed by atoms with Gasteiger partial charge < -0.3 is 14.5 Å². The van der Waals surface area contributed by atoms with Crippen molar-refractivity contribution in [2.45, 2.75) is 20.3 Å². The summed E-state index contributed by atoms with van der Waals surface area (Å²) in [7, 11) is 1.32. The summed E-state index contributed by atoms with van der Waals surface area (Å²) in [5, 5.41) is 0.382. The molecule has 140 valence electrons. The summed E-state index contributed by atoms with van der Waals surface area (Å²) < 4.78 is 9.83. The minimum absolute atomic E-state index is 0.252. The summed E-state index contributed by atoms with van der Waals surface area (Å²) in [4.78, 5) is 44.6. The number of hydrogen-bond acceptors (Lipinski definition) is 7. The Morgan fingerprint density at radius 3 is 2.67 bits per heavy atom. The zero-order valence-electron chi connectivity index (χ0n) is 15.1. The third kappa shape index (κ3) is 3.61. The topological polar surface area (TPSA) is 98.3 Å². The van der Waals surface area contributed by atoms with E-state index in [1.807, 2.05) is 0 Å². The Bertz CT molecular complexity index is 1080. The highest BCUT2D eigenvalue weighted by molar-refractivity contribution is 7.20. The third-order valence-corrected chi connectivity index (χ3v) is 5.26. The Balaban J connectivity index is 2.04. The molecule has 1 aromatic carbocycles. The predicted molar refractivity (Wildman–Crippen MR) is 102 cm³/mol. The molecule has 0 aliphatic rings. The predicted octanol–water partition coefficient (Wildman–Crippen LogP) is 2.85. The number of rotatable bonds is 5. The lowest BCUT2D eigenvalue weighted by Crippen LogP contribution is -2.13. The van der Waals surface area contributed by atoms with E-state index < -0.39 is 11.9 Å². The number of nitrogens with one attached hydrogen (secondary N) is 1. The molecule has 27 heavy (non-hydrogen) atoms. The van der Waals surface area contributed by atoms with Crippen LogP contribution in [0.1, 0.15) is 43.9 Å². The maximum absolute atomic E-state index is 12.5. The Morgan fingerprint density at radius 1 is 1.22 bits per heavy atom. The van der Waals surface area contributed by atoms with Crippen LogP contribution in [0, 0.1) is 6.92 Å². The Hall–Kier alpha value is -3.00. The van der Waals surface area contributed by atoms with Crippen molar-refractivity contribution >= 4 is 33.5 Å². The quantitative estimate of drug-likeness (QED) is 0.677. The van der Waals surface area contributed by atoms with E-state index in [1.165, 1.54) is 7.11 Å². The number of methoxy groups -OCH3 is 1. The van der Waals surface area contributed by atoms with E-state index in [2.05, 4.69) is 9.97 Å². The lowest BCUT2D eigenvalue weighted by molar-refractivity contribution is 0.0530. The number of benzene rings is 1. The van der Waals surface area contributed by atoms with Crippen LogP contribution in [-0.2, 0) is 15.9 Å². The van der Waals surface area contributed by atoms with Gasteiger partial charge in [-0.2, -0.15) is 0 Å². The zero-order valence-corrected chi connectivity index (χ0v) is 15.9. The van der Waals surface area contributed by atoms with Gasteiger partial charge in [-0.1, -0.05) is 18.2 Å². The van der Waals surface area contributed by atoms with Crippen LogP contribution in [0.3, 0.4) is 0 Å². The van der Waals surface area contributed by atoms with Gasteiger partial charge in [0, 0.05) is 6.42 Å². The minimum atomic E-state index is -0.463. The number of fused-ring (bicyclic) bond motifs is 1. The summed E-state index contributed by atoms with van der Waals surface area (Å²) in [6.45, 7) is 3.68. The van der Waals surface area contributed by atoms with Gasteiger partial charge in [-0.15, -0.1) is 11.3 Å². The van der Waals surface area contributed by atoms with Gasteiger partial charge in [0.2, 0.25) is 0 Å². The number of carbonyl (C=O) groups is 2. The fourth-order valence-corrected chi connectivity index (χ4v) is 3.92. The normalized spacial score (nSPS) is 10.8. The number of aryl methyl sites for hydroxylation is 1. The van der Waals surface area contributed by atoms with Crippen molar-refractivity contribution in [3.8, 4) is 0 Å². The standard InChI is InChI=1S/C19H18N2O5S/c1-4-26-19(24)15-10(2)14-16(22)20-13(21-17(14)27-15)9-11-7-5-6-8-12(11)18(23)25-3/h5-8H,4,9H2,1-3H3,(H,20,21,22). The van der Waals surface area contributed by atoms with E-state index in [0.29, 0.717) is 37.6 Å². The zero-order chi connectivity index (χ0) is 19.6. The highest BCUT2D eigenvalue weighted by Gasteiger charge is 2.20. The van der Waals surface area contributed by atoms with Gasteiger partial charge in [0.15, 0.2) is 0 Å². The second kappa shape index (κ2) is 7.71. The summed E-state index contributed by atoms with van der Waals surface area (Å²) in [6, 6.07) is 6.97. The largest absolute Gasteiger partial charge is 0.465 e. The van der Waals surface area contributed by atoms with Crippen molar-refractivity contribution in [3.63, 3.8) is 0 Å². The van der Waals surface area contributed by atoms with Crippen molar-refractivity contribution < 1.29 is 19.1 Å². The number of hydrogen-bond donors (Lipinski definition) is 1. The molecule has 2 heterocycles. The molecule has 0 bridgehead atoms. The highest BCUT2D eigenvalue weighted by Crippen LogP contribution is 2.28. The average molecular weight is 386 g/mol. The lowest BCUT2D eigenvalue weighted by Gasteiger charge is -2.07. The number of thiophene rings is 1. The first-order chi connectivity index (χ1) is 13.0. The molecule has 0 amide bonds. The molecular weight excluding hydrogens is 368 g/mol. The van der Waals surface area contributed by atoms with Gasteiger partial charge in [0.05, 0.1) is 24.7 Å². The lowest BCUT2D eigenvalue weighted by atomic mass is 10.0. The fourth-order valence-electron chi connectivity index (χ4n) is 2.83. The molecule has 0 fully saturated rings. The van der Waals surface area contributed by atoms with E-state index in [9.17, 15) is 14.4 Å². The maximum atomic E-state index is 12.5. The molecule has 0 aliphatic carbocycles. The van der Waals surface area contributed by atoms with Gasteiger partial charge in [-0.05, 0) is 31.0 Å². The van der Waals surface area contributed by atoms with Crippen LogP contribution in [0.15, 0.2) is 29.1 Å². The molecule has 8 heteroatoms. The molecule has 0 atom stereocenters. The van der Waals surface area contributed by atoms with Crippen LogP contribution in [0.5, 0.6) is 0 Å². The Morgan fingerprint density at radius 2 is 1.96 bits per heavy atom. The van der Waals surface area contributed by atoms with E-state index in [-0.39, 0.29) is 18.6 Å². The van der Waals surface area contributed by atoms with Crippen molar-refractivity contribution in [2.24, 2.45) is 0 Å². The van der Waals surface area contributed by atoms with E-state index >= 15 is 0 Å². The van der Waals surface area contributed by atoms with E-state index in [4.69, 9.17) is 9.47 Å². The molecule has 3 aromatic rings. The second-order valence-corrected chi connectivity index (χ2v) is 6.79. The summed E-state index contributed by atoms with van der Waals surface area (Å²) in [6.07, 6.45) is 0.252. The van der Waals surface area contributed by atoms with Crippen molar-refractivity contribution in [1.82, 2.24) is 9.97 Å². The van der Waals surface area contributed by atoms with Gasteiger partial charge in [-0.25, -0.2) is 14.6 Å². The number of aromatic amines is 1.